The molecule has 134 valence electrons. The number of sulfonamides is 1. The molecule has 1 fully saturated rings. The number of hydrogen-bond acceptors (Lipinski definition) is 3. The van der Waals surface area contributed by atoms with Crippen LogP contribution in [-0.2, 0) is 21.4 Å². The first-order chi connectivity index (χ1) is 11.2. The van der Waals surface area contributed by atoms with Crippen LogP contribution >= 0.6 is 0 Å². The largest absolute Gasteiger partial charge is 0.341 e. The molecule has 0 unspecified atom stereocenters. The molecule has 0 saturated carbocycles. The van der Waals surface area contributed by atoms with E-state index in [9.17, 15) is 13.2 Å². The molecule has 0 atom stereocenters. The van der Waals surface area contributed by atoms with Gasteiger partial charge in [0.2, 0.25) is 15.9 Å². The molecular formula is C18H28N2O3S. The molecule has 2 rings (SSSR count). The smallest absolute Gasteiger partial charge is 0.225 e. The van der Waals surface area contributed by atoms with Gasteiger partial charge in [0, 0.05) is 32.6 Å². The van der Waals surface area contributed by atoms with Crippen LogP contribution in [-0.4, -0.2) is 49.4 Å². The quantitative estimate of drug-likeness (QED) is 0.817. The Bertz CT molecular complexity index is 692. The second-order valence-corrected chi connectivity index (χ2v) is 8.96. The third-order valence-electron chi connectivity index (χ3n) is 4.84. The van der Waals surface area contributed by atoms with Gasteiger partial charge in [0.25, 0.3) is 0 Å². The van der Waals surface area contributed by atoms with E-state index in [-0.39, 0.29) is 17.6 Å². The normalized spacial score (nSPS) is 17.0. The summed E-state index contributed by atoms with van der Waals surface area (Å²) in [5.41, 5.74) is 3.57. The van der Waals surface area contributed by atoms with Crippen molar-refractivity contribution in [3.63, 3.8) is 0 Å². The van der Waals surface area contributed by atoms with E-state index in [1.807, 2.05) is 7.05 Å². The van der Waals surface area contributed by atoms with Crippen LogP contribution in [0.2, 0.25) is 0 Å². The summed E-state index contributed by atoms with van der Waals surface area (Å²) in [5, 5.41) is 0. The van der Waals surface area contributed by atoms with Crippen LogP contribution in [0.15, 0.2) is 18.2 Å². The number of carbonyl (C=O) groups is 1. The molecule has 1 aromatic rings. The van der Waals surface area contributed by atoms with E-state index in [2.05, 4.69) is 32.0 Å². The van der Waals surface area contributed by atoms with Crippen LogP contribution < -0.4 is 0 Å². The Morgan fingerprint density at radius 1 is 1.25 bits per heavy atom. The summed E-state index contributed by atoms with van der Waals surface area (Å²) in [6, 6.07) is 6.27. The molecule has 1 saturated heterocycles. The van der Waals surface area contributed by atoms with Gasteiger partial charge in [-0.15, -0.1) is 0 Å². The zero-order valence-corrected chi connectivity index (χ0v) is 15.9. The van der Waals surface area contributed by atoms with E-state index < -0.39 is 10.0 Å². The first kappa shape index (κ1) is 18.9. The summed E-state index contributed by atoms with van der Waals surface area (Å²) < 4.78 is 25.3. The highest BCUT2D eigenvalue weighted by atomic mass is 32.2. The maximum atomic E-state index is 12.7. The maximum absolute atomic E-state index is 12.7. The molecule has 1 heterocycles. The first-order valence-electron chi connectivity index (χ1n) is 8.53. The lowest BCUT2D eigenvalue weighted by molar-refractivity contribution is -0.135. The van der Waals surface area contributed by atoms with Crippen molar-refractivity contribution in [2.45, 2.75) is 40.2 Å². The number of hydrogen-bond donors (Lipinski definition) is 0. The molecule has 1 amide bonds. The van der Waals surface area contributed by atoms with Crippen molar-refractivity contribution in [2.75, 3.05) is 25.9 Å². The highest BCUT2D eigenvalue weighted by Gasteiger charge is 2.31. The van der Waals surface area contributed by atoms with E-state index in [0.29, 0.717) is 32.5 Å². The van der Waals surface area contributed by atoms with E-state index in [1.54, 1.807) is 11.8 Å². The van der Waals surface area contributed by atoms with Gasteiger partial charge < -0.3 is 4.90 Å². The fourth-order valence-electron chi connectivity index (χ4n) is 3.23. The molecule has 6 heteroatoms. The first-order valence-corrected chi connectivity index (χ1v) is 10.1. The van der Waals surface area contributed by atoms with E-state index in [4.69, 9.17) is 0 Å². The fraction of sp³-hybridized carbons (Fsp3) is 0.611. The molecule has 1 aliphatic heterocycles. The number of benzene rings is 1. The summed E-state index contributed by atoms with van der Waals surface area (Å²) in [5.74, 6) is 0.158. The molecule has 0 spiro atoms. The standard InChI is InChI=1S/C18H28N2O3S/c1-5-24(22,23)20-10-8-16(9-11-20)18(21)19(4)13-17-7-6-14(2)12-15(17)3/h6-7,12,16H,5,8-11,13H2,1-4H3. The van der Waals surface area contributed by atoms with E-state index in [1.165, 1.54) is 15.4 Å². The highest BCUT2D eigenvalue weighted by molar-refractivity contribution is 7.89. The Morgan fingerprint density at radius 2 is 1.88 bits per heavy atom. The minimum atomic E-state index is -3.14. The van der Waals surface area contributed by atoms with E-state index in [0.717, 1.165) is 5.56 Å². The predicted octanol–water partition coefficient (Wildman–Crippen LogP) is 2.32. The summed E-state index contributed by atoms with van der Waals surface area (Å²) in [4.78, 5) is 14.4. The minimum Gasteiger partial charge on any atom is -0.341 e. The van der Waals surface area contributed by atoms with Gasteiger partial charge in [-0.3, -0.25) is 4.79 Å². The third kappa shape index (κ3) is 4.36. The number of amides is 1. The second kappa shape index (κ2) is 7.66. The Kier molecular flexibility index (Phi) is 6.04. The van der Waals surface area contributed by atoms with Crippen LogP contribution in [0.25, 0.3) is 0 Å². The Morgan fingerprint density at radius 3 is 2.42 bits per heavy atom. The monoisotopic (exact) mass is 352 g/mol. The number of piperidine rings is 1. The predicted molar refractivity (Wildman–Crippen MR) is 96.1 cm³/mol. The van der Waals surface area contributed by atoms with Crippen molar-refractivity contribution in [1.29, 1.82) is 0 Å². The Balaban J connectivity index is 1.95. The summed E-state index contributed by atoms with van der Waals surface area (Å²) in [7, 11) is -1.31. The molecule has 0 N–H and O–H groups in total. The van der Waals surface area contributed by atoms with Crippen LogP contribution in [0.5, 0.6) is 0 Å². The van der Waals surface area contributed by atoms with Crippen molar-refractivity contribution in [1.82, 2.24) is 9.21 Å². The van der Waals surface area contributed by atoms with Crippen LogP contribution in [0.1, 0.15) is 36.5 Å². The van der Waals surface area contributed by atoms with Crippen molar-refractivity contribution in [2.24, 2.45) is 5.92 Å². The van der Waals surface area contributed by atoms with Crippen LogP contribution in [0, 0.1) is 19.8 Å². The number of rotatable bonds is 5. The van der Waals surface area contributed by atoms with Crippen molar-refractivity contribution in [3.8, 4) is 0 Å². The molecule has 0 bridgehead atoms. The zero-order chi connectivity index (χ0) is 17.9. The summed E-state index contributed by atoms with van der Waals surface area (Å²) in [6.07, 6.45) is 1.21. The Hall–Kier alpha value is -1.40. The number of aryl methyl sites for hydroxylation is 2. The maximum Gasteiger partial charge on any atom is 0.225 e. The molecular weight excluding hydrogens is 324 g/mol. The number of carbonyl (C=O) groups excluding carboxylic acids is 1. The molecule has 0 aliphatic carbocycles. The topological polar surface area (TPSA) is 57.7 Å². The van der Waals surface area contributed by atoms with Crippen LogP contribution in [0.3, 0.4) is 0 Å². The van der Waals surface area contributed by atoms with E-state index >= 15 is 0 Å². The third-order valence-corrected chi connectivity index (χ3v) is 6.72. The molecule has 1 aliphatic rings. The van der Waals surface area contributed by atoms with Crippen molar-refractivity contribution < 1.29 is 13.2 Å². The van der Waals surface area contributed by atoms with Crippen LogP contribution in [0.4, 0.5) is 0 Å². The lowest BCUT2D eigenvalue weighted by Crippen LogP contribution is -2.43. The SMILES string of the molecule is CCS(=O)(=O)N1CCC(C(=O)N(C)Cc2ccc(C)cc2C)CC1. The average molecular weight is 353 g/mol. The summed E-state index contributed by atoms with van der Waals surface area (Å²) in [6.45, 7) is 7.27. The highest BCUT2D eigenvalue weighted by Crippen LogP contribution is 2.22. The summed E-state index contributed by atoms with van der Waals surface area (Å²) >= 11 is 0. The van der Waals surface area contributed by atoms with Gasteiger partial charge in [-0.1, -0.05) is 23.8 Å². The van der Waals surface area contributed by atoms with Gasteiger partial charge in [0.1, 0.15) is 0 Å². The Labute approximate surface area is 145 Å². The average Bonchev–Trinajstić information content (AvgIpc) is 2.56. The zero-order valence-electron chi connectivity index (χ0n) is 15.1. The second-order valence-electron chi connectivity index (χ2n) is 6.70. The molecule has 1 aromatic carbocycles. The lowest BCUT2D eigenvalue weighted by atomic mass is 9.96. The fourth-order valence-corrected chi connectivity index (χ4v) is 4.36. The van der Waals surface area contributed by atoms with Crippen molar-refractivity contribution in [3.05, 3.63) is 34.9 Å². The number of nitrogens with zero attached hydrogens (tertiary/aromatic N) is 2. The minimum absolute atomic E-state index is 0.0796. The van der Waals surface area contributed by atoms with Gasteiger partial charge in [0.15, 0.2) is 0 Å². The molecule has 0 aromatic heterocycles. The van der Waals surface area contributed by atoms with Gasteiger partial charge in [-0.2, -0.15) is 0 Å². The van der Waals surface area contributed by atoms with Gasteiger partial charge in [0.05, 0.1) is 5.75 Å². The molecule has 0 radical (unpaired) electrons. The van der Waals surface area contributed by atoms with Gasteiger partial charge in [-0.25, -0.2) is 12.7 Å². The molecule has 5 nitrogen and oxygen atoms in total. The van der Waals surface area contributed by atoms with Crippen molar-refractivity contribution >= 4 is 15.9 Å². The van der Waals surface area contributed by atoms with Gasteiger partial charge in [-0.05, 0) is 44.7 Å². The van der Waals surface area contributed by atoms with Gasteiger partial charge >= 0.3 is 0 Å². The lowest BCUT2D eigenvalue weighted by Gasteiger charge is -2.32. The molecule has 24 heavy (non-hydrogen) atoms.